The number of hydrogen-bond acceptors (Lipinski definition) is 4. The molecule has 0 amide bonds. The van der Waals surface area contributed by atoms with Crippen LogP contribution in [-0.4, -0.2) is 24.8 Å². The van der Waals surface area contributed by atoms with Gasteiger partial charge in [0.1, 0.15) is 0 Å². The fraction of sp³-hybridized carbons (Fsp3) is 0.476. The van der Waals surface area contributed by atoms with Gasteiger partial charge in [0.25, 0.3) is 0 Å². The SMILES string of the molecule is Cc1cccc(S(=O)(=O)C2(C)CCOC(c3cncc(C4CC4)c3)C2)c1. The first-order valence-electron chi connectivity index (χ1n) is 9.27. The van der Waals surface area contributed by atoms with Gasteiger partial charge >= 0.3 is 0 Å². The largest absolute Gasteiger partial charge is 0.373 e. The van der Waals surface area contributed by atoms with E-state index in [1.165, 1.54) is 18.4 Å². The van der Waals surface area contributed by atoms with Gasteiger partial charge in [-0.15, -0.1) is 0 Å². The quantitative estimate of drug-likeness (QED) is 0.802. The van der Waals surface area contributed by atoms with Gasteiger partial charge in [-0.25, -0.2) is 8.42 Å². The number of hydrogen-bond donors (Lipinski definition) is 0. The van der Waals surface area contributed by atoms with E-state index in [1.807, 2.05) is 38.4 Å². The zero-order valence-electron chi connectivity index (χ0n) is 15.3. The van der Waals surface area contributed by atoms with E-state index in [-0.39, 0.29) is 6.10 Å². The summed E-state index contributed by atoms with van der Waals surface area (Å²) in [6.45, 7) is 4.22. The van der Waals surface area contributed by atoms with Crippen LogP contribution in [0.15, 0.2) is 47.6 Å². The summed E-state index contributed by atoms with van der Waals surface area (Å²) in [6, 6.07) is 9.35. The maximum atomic E-state index is 13.4. The van der Waals surface area contributed by atoms with Crippen molar-refractivity contribution in [3.63, 3.8) is 0 Å². The Hall–Kier alpha value is -1.72. The molecule has 0 spiro atoms. The van der Waals surface area contributed by atoms with E-state index in [0.29, 0.717) is 30.3 Å². The average molecular weight is 372 g/mol. The van der Waals surface area contributed by atoms with Crippen molar-refractivity contribution in [2.75, 3.05) is 6.61 Å². The van der Waals surface area contributed by atoms with Gasteiger partial charge in [-0.3, -0.25) is 4.98 Å². The summed E-state index contributed by atoms with van der Waals surface area (Å²) in [5, 5.41) is 0. The number of pyridine rings is 1. The van der Waals surface area contributed by atoms with Crippen LogP contribution in [0.4, 0.5) is 0 Å². The Balaban J connectivity index is 1.63. The zero-order valence-corrected chi connectivity index (χ0v) is 16.1. The fourth-order valence-electron chi connectivity index (χ4n) is 3.79. The van der Waals surface area contributed by atoms with Crippen molar-refractivity contribution in [3.8, 4) is 0 Å². The normalized spacial score (nSPS) is 26.6. The Morgan fingerprint density at radius 2 is 1.92 bits per heavy atom. The van der Waals surface area contributed by atoms with Gasteiger partial charge in [0.2, 0.25) is 0 Å². The topological polar surface area (TPSA) is 56.3 Å². The number of nitrogens with zero attached hydrogens (tertiary/aromatic N) is 1. The molecule has 5 heteroatoms. The molecule has 1 aliphatic carbocycles. The second-order valence-electron chi connectivity index (χ2n) is 7.91. The summed E-state index contributed by atoms with van der Waals surface area (Å²) in [6.07, 6.45) is 6.93. The molecule has 138 valence electrons. The average Bonchev–Trinajstić information content (AvgIpc) is 3.47. The van der Waals surface area contributed by atoms with Crippen LogP contribution in [0, 0.1) is 6.92 Å². The van der Waals surface area contributed by atoms with Crippen molar-refractivity contribution in [2.45, 2.75) is 61.2 Å². The molecule has 2 fully saturated rings. The number of benzene rings is 1. The Labute approximate surface area is 155 Å². The molecule has 0 radical (unpaired) electrons. The molecule has 2 unspecified atom stereocenters. The van der Waals surface area contributed by atoms with E-state index < -0.39 is 14.6 Å². The third kappa shape index (κ3) is 3.19. The third-order valence-electron chi connectivity index (χ3n) is 5.72. The Kier molecular flexibility index (Phi) is 4.40. The lowest BCUT2D eigenvalue weighted by Gasteiger charge is -2.37. The fourth-order valence-corrected chi connectivity index (χ4v) is 5.68. The lowest BCUT2D eigenvalue weighted by atomic mass is 9.92. The monoisotopic (exact) mass is 371 g/mol. The first-order valence-corrected chi connectivity index (χ1v) is 10.8. The summed E-state index contributed by atoms with van der Waals surface area (Å²) in [4.78, 5) is 4.78. The minimum Gasteiger partial charge on any atom is -0.373 e. The summed E-state index contributed by atoms with van der Waals surface area (Å²) in [7, 11) is -3.44. The molecule has 1 aliphatic heterocycles. The number of ether oxygens (including phenoxy) is 1. The van der Waals surface area contributed by atoms with Crippen molar-refractivity contribution in [3.05, 3.63) is 59.4 Å². The number of rotatable bonds is 4. The lowest BCUT2D eigenvalue weighted by molar-refractivity contribution is 0.0000825. The highest BCUT2D eigenvalue weighted by Crippen LogP contribution is 2.44. The van der Waals surface area contributed by atoms with Crippen LogP contribution in [0.1, 0.15) is 61.3 Å². The van der Waals surface area contributed by atoms with Crippen LogP contribution in [0.25, 0.3) is 0 Å². The summed E-state index contributed by atoms with van der Waals surface area (Å²) in [5.74, 6) is 0.619. The Bertz CT molecular complexity index is 920. The molecule has 1 saturated heterocycles. The highest BCUT2D eigenvalue weighted by molar-refractivity contribution is 7.92. The molecule has 1 aromatic carbocycles. The Morgan fingerprint density at radius 1 is 1.15 bits per heavy atom. The van der Waals surface area contributed by atoms with Crippen LogP contribution < -0.4 is 0 Å². The highest BCUT2D eigenvalue weighted by Gasteiger charge is 2.45. The van der Waals surface area contributed by atoms with Crippen molar-refractivity contribution < 1.29 is 13.2 Å². The molecule has 2 aliphatic rings. The van der Waals surface area contributed by atoms with E-state index >= 15 is 0 Å². The molecule has 0 N–H and O–H groups in total. The number of sulfone groups is 1. The second kappa shape index (κ2) is 6.46. The molecule has 2 atom stereocenters. The van der Waals surface area contributed by atoms with Crippen LogP contribution in [0.5, 0.6) is 0 Å². The molecule has 26 heavy (non-hydrogen) atoms. The summed E-state index contributed by atoms with van der Waals surface area (Å²) >= 11 is 0. The molecule has 4 rings (SSSR count). The van der Waals surface area contributed by atoms with Gasteiger partial charge in [-0.1, -0.05) is 12.1 Å². The molecular weight excluding hydrogens is 346 g/mol. The lowest BCUT2D eigenvalue weighted by Crippen LogP contribution is -2.42. The van der Waals surface area contributed by atoms with Gasteiger partial charge in [-0.05, 0) is 80.3 Å². The Morgan fingerprint density at radius 3 is 2.65 bits per heavy atom. The van der Waals surface area contributed by atoms with Crippen molar-refractivity contribution >= 4 is 9.84 Å². The standard InChI is InChI=1S/C21H25NO3S/c1-15-4-3-5-19(10-15)26(23,24)21(2)8-9-25-20(12-21)18-11-17(13-22-14-18)16-6-7-16/h3-5,10-11,13-14,16,20H,6-9,12H2,1-2H3. The zero-order chi connectivity index (χ0) is 18.4. The van der Waals surface area contributed by atoms with Crippen LogP contribution in [-0.2, 0) is 14.6 Å². The number of aryl methyl sites for hydroxylation is 1. The maximum absolute atomic E-state index is 13.4. The second-order valence-corrected chi connectivity index (χ2v) is 10.4. The summed E-state index contributed by atoms with van der Waals surface area (Å²) in [5.41, 5.74) is 3.21. The van der Waals surface area contributed by atoms with E-state index in [2.05, 4.69) is 11.1 Å². The van der Waals surface area contributed by atoms with Gasteiger partial charge in [0.15, 0.2) is 9.84 Å². The molecule has 2 aromatic rings. The predicted molar refractivity (Wildman–Crippen MR) is 101 cm³/mol. The molecular formula is C21H25NO3S. The first kappa shape index (κ1) is 17.7. The van der Waals surface area contributed by atoms with E-state index in [9.17, 15) is 8.42 Å². The maximum Gasteiger partial charge on any atom is 0.184 e. The first-order chi connectivity index (χ1) is 12.4. The van der Waals surface area contributed by atoms with E-state index in [1.54, 1.807) is 12.1 Å². The van der Waals surface area contributed by atoms with Gasteiger partial charge < -0.3 is 4.74 Å². The molecule has 1 saturated carbocycles. The van der Waals surface area contributed by atoms with Gasteiger partial charge in [0.05, 0.1) is 15.7 Å². The molecule has 4 nitrogen and oxygen atoms in total. The third-order valence-corrected chi connectivity index (χ3v) is 8.26. The van der Waals surface area contributed by atoms with Crippen LogP contribution >= 0.6 is 0 Å². The predicted octanol–water partition coefficient (Wildman–Crippen LogP) is 4.35. The summed E-state index contributed by atoms with van der Waals surface area (Å²) < 4.78 is 31.8. The number of aromatic nitrogens is 1. The molecule has 0 bridgehead atoms. The van der Waals surface area contributed by atoms with Gasteiger partial charge in [-0.2, -0.15) is 0 Å². The highest BCUT2D eigenvalue weighted by atomic mass is 32.2. The van der Waals surface area contributed by atoms with Crippen molar-refractivity contribution in [1.82, 2.24) is 4.98 Å². The van der Waals surface area contributed by atoms with Gasteiger partial charge in [0, 0.05) is 19.0 Å². The van der Waals surface area contributed by atoms with E-state index in [0.717, 1.165) is 11.1 Å². The van der Waals surface area contributed by atoms with E-state index in [4.69, 9.17) is 4.74 Å². The van der Waals surface area contributed by atoms with Crippen molar-refractivity contribution in [1.29, 1.82) is 0 Å². The minimum absolute atomic E-state index is 0.223. The van der Waals surface area contributed by atoms with Crippen LogP contribution in [0.3, 0.4) is 0 Å². The molecule has 1 aromatic heterocycles. The van der Waals surface area contributed by atoms with Crippen LogP contribution in [0.2, 0.25) is 0 Å². The van der Waals surface area contributed by atoms with Crippen molar-refractivity contribution in [2.24, 2.45) is 0 Å². The molecule has 2 heterocycles. The minimum atomic E-state index is -3.44. The smallest absolute Gasteiger partial charge is 0.184 e.